The summed E-state index contributed by atoms with van der Waals surface area (Å²) in [5.74, 6) is 0.595. The molecule has 1 amide bonds. The van der Waals surface area contributed by atoms with Crippen LogP contribution in [-0.2, 0) is 24.3 Å². The quantitative estimate of drug-likeness (QED) is 0.631. The molecule has 0 radical (unpaired) electrons. The van der Waals surface area contributed by atoms with Crippen molar-refractivity contribution < 1.29 is 4.79 Å². The van der Waals surface area contributed by atoms with E-state index in [-0.39, 0.29) is 23.7 Å². The van der Waals surface area contributed by atoms with Crippen LogP contribution in [0.5, 0.6) is 0 Å². The van der Waals surface area contributed by atoms with E-state index in [1.165, 1.54) is 4.57 Å². The van der Waals surface area contributed by atoms with Gasteiger partial charge >= 0.3 is 5.69 Å². The summed E-state index contributed by atoms with van der Waals surface area (Å²) in [6.45, 7) is 4.08. The Hall–Kier alpha value is -2.74. The van der Waals surface area contributed by atoms with E-state index in [2.05, 4.69) is 9.98 Å². The van der Waals surface area contributed by atoms with E-state index in [0.717, 1.165) is 24.9 Å². The standard InChI is InChI=1S/C21H24ClN5O3/c1-2-8-26-19-15(12-16(24-19)14-6-7-17(22)23-13-14)20(29)27(21(26)30)11-4-10-25-9-3-5-18(25)28/h6-7,13H,2-5,8-12H2,1H3. The minimum absolute atomic E-state index is 0.148. The predicted molar refractivity (Wildman–Crippen MR) is 115 cm³/mol. The Morgan fingerprint density at radius 2 is 1.93 bits per heavy atom. The molecular weight excluding hydrogens is 406 g/mol. The normalized spacial score (nSPS) is 15.6. The molecule has 2 aromatic heterocycles. The number of halogens is 1. The number of rotatable bonds is 7. The van der Waals surface area contributed by atoms with Gasteiger partial charge in [0.25, 0.3) is 5.56 Å². The summed E-state index contributed by atoms with van der Waals surface area (Å²) in [5, 5.41) is 0.386. The fraction of sp³-hybridized carbons (Fsp3) is 0.476. The summed E-state index contributed by atoms with van der Waals surface area (Å²) < 4.78 is 2.89. The summed E-state index contributed by atoms with van der Waals surface area (Å²) in [6.07, 6.45) is 4.76. The molecule has 158 valence electrons. The van der Waals surface area contributed by atoms with Gasteiger partial charge in [0.1, 0.15) is 11.0 Å². The van der Waals surface area contributed by atoms with E-state index in [1.807, 2.05) is 13.0 Å². The Morgan fingerprint density at radius 3 is 2.60 bits per heavy atom. The molecule has 9 heteroatoms. The van der Waals surface area contributed by atoms with E-state index in [0.29, 0.717) is 54.6 Å². The number of nitrogens with zero attached hydrogens (tertiary/aromatic N) is 5. The monoisotopic (exact) mass is 429 g/mol. The summed E-state index contributed by atoms with van der Waals surface area (Å²) in [4.78, 5) is 48.5. The molecule has 0 aliphatic carbocycles. The van der Waals surface area contributed by atoms with Gasteiger partial charge < -0.3 is 4.90 Å². The van der Waals surface area contributed by atoms with Crippen molar-refractivity contribution in [2.24, 2.45) is 4.99 Å². The average molecular weight is 430 g/mol. The minimum atomic E-state index is -0.340. The van der Waals surface area contributed by atoms with E-state index in [4.69, 9.17) is 11.6 Å². The highest BCUT2D eigenvalue weighted by molar-refractivity contribution is 6.29. The minimum Gasteiger partial charge on any atom is -0.343 e. The first-order valence-corrected chi connectivity index (χ1v) is 10.7. The fourth-order valence-electron chi connectivity index (χ4n) is 4.06. The van der Waals surface area contributed by atoms with Gasteiger partial charge in [-0.1, -0.05) is 18.5 Å². The molecule has 0 atom stereocenters. The van der Waals surface area contributed by atoms with Gasteiger partial charge in [-0.05, 0) is 31.4 Å². The number of pyridine rings is 1. The van der Waals surface area contributed by atoms with Gasteiger partial charge in [0.15, 0.2) is 0 Å². The third-order valence-electron chi connectivity index (χ3n) is 5.56. The number of likely N-dealkylation sites (tertiary alicyclic amines) is 1. The molecule has 2 aliphatic rings. The summed E-state index contributed by atoms with van der Waals surface area (Å²) in [5.41, 5.74) is 1.38. The molecule has 0 unspecified atom stereocenters. The molecule has 0 saturated carbocycles. The van der Waals surface area contributed by atoms with Gasteiger partial charge in [0.05, 0.1) is 11.3 Å². The molecule has 8 nitrogen and oxygen atoms in total. The number of aliphatic imine (C=N–C) groups is 1. The van der Waals surface area contributed by atoms with Crippen LogP contribution < -0.4 is 11.2 Å². The maximum Gasteiger partial charge on any atom is 0.332 e. The molecule has 0 bridgehead atoms. The Labute approximate surface area is 178 Å². The maximum atomic E-state index is 13.1. The lowest BCUT2D eigenvalue weighted by molar-refractivity contribution is -0.127. The first-order chi connectivity index (χ1) is 14.5. The molecular formula is C21H24ClN5O3. The second-order valence-corrected chi connectivity index (χ2v) is 8.02. The van der Waals surface area contributed by atoms with Gasteiger partial charge in [-0.15, -0.1) is 0 Å². The third-order valence-corrected chi connectivity index (χ3v) is 5.79. The number of hydrogen-bond donors (Lipinski definition) is 0. The number of carbonyl (C=O) groups excluding carboxylic acids is 1. The average Bonchev–Trinajstić information content (AvgIpc) is 3.35. The van der Waals surface area contributed by atoms with Gasteiger partial charge in [-0.2, -0.15) is 0 Å². The van der Waals surface area contributed by atoms with E-state index < -0.39 is 0 Å². The maximum absolute atomic E-state index is 13.1. The van der Waals surface area contributed by atoms with Gasteiger partial charge in [-0.25, -0.2) is 14.8 Å². The Morgan fingerprint density at radius 1 is 1.10 bits per heavy atom. The van der Waals surface area contributed by atoms with Crippen LogP contribution in [0.1, 0.15) is 43.7 Å². The number of amides is 1. The highest BCUT2D eigenvalue weighted by Gasteiger charge is 2.26. The van der Waals surface area contributed by atoms with Crippen LogP contribution in [0, 0.1) is 0 Å². The molecule has 2 aliphatic heterocycles. The zero-order valence-corrected chi connectivity index (χ0v) is 17.7. The van der Waals surface area contributed by atoms with Crippen LogP contribution in [0.4, 0.5) is 5.82 Å². The molecule has 2 aromatic rings. The van der Waals surface area contributed by atoms with E-state index in [9.17, 15) is 14.4 Å². The van der Waals surface area contributed by atoms with Crippen molar-refractivity contribution in [1.82, 2.24) is 19.0 Å². The van der Waals surface area contributed by atoms with Crippen LogP contribution in [0.2, 0.25) is 5.15 Å². The van der Waals surface area contributed by atoms with Crippen molar-refractivity contribution in [2.75, 3.05) is 13.1 Å². The molecule has 4 heterocycles. The van der Waals surface area contributed by atoms with Crippen molar-refractivity contribution in [2.45, 2.75) is 52.1 Å². The molecule has 0 N–H and O–H groups in total. The summed E-state index contributed by atoms with van der Waals surface area (Å²) in [7, 11) is 0. The van der Waals surface area contributed by atoms with Crippen LogP contribution in [0.25, 0.3) is 0 Å². The lowest BCUT2D eigenvalue weighted by Crippen LogP contribution is -2.42. The summed E-state index contributed by atoms with van der Waals surface area (Å²) in [6, 6.07) is 3.49. The first-order valence-electron chi connectivity index (χ1n) is 10.3. The van der Waals surface area contributed by atoms with Crippen molar-refractivity contribution in [1.29, 1.82) is 0 Å². The fourth-order valence-corrected chi connectivity index (χ4v) is 4.17. The Balaban J connectivity index is 1.63. The predicted octanol–water partition coefficient (Wildman–Crippen LogP) is 2.16. The molecule has 4 rings (SSSR count). The second kappa shape index (κ2) is 8.55. The van der Waals surface area contributed by atoms with Crippen molar-refractivity contribution >= 4 is 29.0 Å². The lowest BCUT2D eigenvalue weighted by atomic mass is 10.1. The van der Waals surface area contributed by atoms with Crippen LogP contribution in [0.15, 0.2) is 32.9 Å². The highest BCUT2D eigenvalue weighted by Crippen LogP contribution is 2.25. The number of hydrogen-bond acceptors (Lipinski definition) is 5. The van der Waals surface area contributed by atoms with Crippen molar-refractivity contribution in [3.8, 4) is 0 Å². The van der Waals surface area contributed by atoms with E-state index >= 15 is 0 Å². The van der Waals surface area contributed by atoms with Crippen LogP contribution >= 0.6 is 11.6 Å². The van der Waals surface area contributed by atoms with Crippen molar-refractivity contribution in [3.63, 3.8) is 0 Å². The van der Waals surface area contributed by atoms with Gasteiger partial charge in [-0.3, -0.25) is 18.7 Å². The first kappa shape index (κ1) is 20.5. The van der Waals surface area contributed by atoms with Crippen LogP contribution in [-0.4, -0.2) is 43.7 Å². The van der Waals surface area contributed by atoms with Gasteiger partial charge in [0, 0.05) is 50.8 Å². The van der Waals surface area contributed by atoms with Gasteiger partial charge in [0.2, 0.25) is 5.91 Å². The Kier molecular flexibility index (Phi) is 5.85. The molecule has 1 saturated heterocycles. The zero-order chi connectivity index (χ0) is 21.3. The third kappa shape index (κ3) is 3.84. The molecule has 0 spiro atoms. The largest absolute Gasteiger partial charge is 0.343 e. The molecule has 0 aromatic carbocycles. The number of carbonyl (C=O) groups is 1. The van der Waals surface area contributed by atoms with Crippen molar-refractivity contribution in [3.05, 3.63) is 55.4 Å². The SMILES string of the molecule is CCCn1c2c(c(=O)n(CCCN3CCCC3=O)c1=O)CC(c1ccc(Cl)nc1)=N2. The zero-order valence-electron chi connectivity index (χ0n) is 16.9. The van der Waals surface area contributed by atoms with Crippen LogP contribution in [0.3, 0.4) is 0 Å². The smallest absolute Gasteiger partial charge is 0.332 e. The second-order valence-electron chi connectivity index (χ2n) is 7.64. The highest BCUT2D eigenvalue weighted by atomic mass is 35.5. The van der Waals surface area contributed by atoms with E-state index in [1.54, 1.807) is 21.7 Å². The lowest BCUT2D eigenvalue weighted by Gasteiger charge is -2.17. The Bertz CT molecular complexity index is 1120. The molecule has 1 fully saturated rings. The summed E-state index contributed by atoms with van der Waals surface area (Å²) >= 11 is 5.87. The number of aromatic nitrogens is 3. The number of fused-ring (bicyclic) bond motifs is 1. The topological polar surface area (TPSA) is 89.6 Å². The molecule has 30 heavy (non-hydrogen) atoms.